The molecule has 3 heterocycles. The van der Waals surface area contributed by atoms with Crippen molar-refractivity contribution < 1.29 is 19.4 Å². The summed E-state index contributed by atoms with van der Waals surface area (Å²) in [4.78, 5) is 35.7. The number of benzene rings is 1. The van der Waals surface area contributed by atoms with E-state index in [0.717, 1.165) is 0 Å². The molecule has 1 saturated heterocycles. The number of aliphatic hydroxyl groups is 1. The van der Waals surface area contributed by atoms with Gasteiger partial charge in [-0.2, -0.15) is 0 Å². The molecular weight excluding hydrogens is 396 g/mol. The number of hydrogen-bond donors (Lipinski definition) is 1. The Kier molecular flexibility index (Phi) is 5.79. The minimum Gasteiger partial charge on any atom is -0.507 e. The third kappa shape index (κ3) is 4.05. The van der Waals surface area contributed by atoms with Gasteiger partial charge in [0, 0.05) is 37.2 Å². The number of pyridine rings is 1. The number of nitrogens with zero attached hydrogens (tertiary/aromatic N) is 4. The number of carbonyl (C=O) groups is 2. The van der Waals surface area contributed by atoms with Gasteiger partial charge in [-0.3, -0.25) is 14.6 Å². The highest BCUT2D eigenvalue weighted by Gasteiger charge is 2.46. The number of aliphatic hydroxyl groups excluding tert-OH is 1. The van der Waals surface area contributed by atoms with Crippen LogP contribution in [0.5, 0.6) is 5.75 Å². The molecule has 1 amide bonds. The zero-order chi connectivity index (χ0) is 21.8. The van der Waals surface area contributed by atoms with Crippen molar-refractivity contribution in [2.45, 2.75) is 19.0 Å². The maximum Gasteiger partial charge on any atom is 0.295 e. The first-order valence-electron chi connectivity index (χ1n) is 9.89. The van der Waals surface area contributed by atoms with Gasteiger partial charge < -0.3 is 19.3 Å². The summed E-state index contributed by atoms with van der Waals surface area (Å²) in [5, 5.41) is 11.0. The smallest absolute Gasteiger partial charge is 0.295 e. The van der Waals surface area contributed by atoms with Crippen LogP contribution in [-0.4, -0.2) is 49.9 Å². The van der Waals surface area contributed by atoms with E-state index in [1.165, 1.54) is 4.90 Å². The van der Waals surface area contributed by atoms with Gasteiger partial charge in [-0.1, -0.05) is 6.07 Å². The Morgan fingerprint density at radius 1 is 1.10 bits per heavy atom. The van der Waals surface area contributed by atoms with E-state index in [4.69, 9.17) is 4.74 Å². The van der Waals surface area contributed by atoms with Crippen LogP contribution in [0.4, 0.5) is 0 Å². The first kappa shape index (κ1) is 20.3. The van der Waals surface area contributed by atoms with Crippen LogP contribution in [0.3, 0.4) is 0 Å². The SMILES string of the molecule is COc1ccc(C(O)=C2C(=O)C(=O)N(CCCn3ccnc3)[C@H]2c2ccccn2)cc1. The van der Waals surface area contributed by atoms with Crippen molar-refractivity contribution in [3.05, 3.63) is 84.2 Å². The van der Waals surface area contributed by atoms with Gasteiger partial charge in [0.25, 0.3) is 11.7 Å². The second kappa shape index (κ2) is 8.83. The molecule has 0 saturated carbocycles. The van der Waals surface area contributed by atoms with Crippen LogP contribution in [0.15, 0.2) is 73.0 Å². The number of ether oxygens (including phenoxy) is 1. The van der Waals surface area contributed by atoms with E-state index in [2.05, 4.69) is 9.97 Å². The minimum absolute atomic E-state index is 0.0384. The molecule has 0 aliphatic carbocycles. The van der Waals surface area contributed by atoms with E-state index in [0.29, 0.717) is 36.5 Å². The first-order valence-corrected chi connectivity index (χ1v) is 9.89. The fraction of sp³-hybridized carbons (Fsp3) is 0.217. The van der Waals surface area contributed by atoms with E-state index in [9.17, 15) is 14.7 Å². The molecule has 8 nitrogen and oxygen atoms in total. The lowest BCUT2D eigenvalue weighted by molar-refractivity contribution is -0.140. The number of amides is 1. The molecule has 0 unspecified atom stereocenters. The summed E-state index contributed by atoms with van der Waals surface area (Å²) in [7, 11) is 1.55. The average molecular weight is 418 g/mol. The zero-order valence-corrected chi connectivity index (χ0v) is 17.0. The number of hydrogen-bond acceptors (Lipinski definition) is 6. The lowest BCUT2D eigenvalue weighted by Crippen LogP contribution is -2.31. The molecule has 158 valence electrons. The molecule has 0 radical (unpaired) electrons. The maximum absolute atomic E-state index is 13.0. The molecule has 1 N–H and O–H groups in total. The largest absolute Gasteiger partial charge is 0.507 e. The summed E-state index contributed by atoms with van der Waals surface area (Å²) in [6.45, 7) is 0.986. The highest BCUT2D eigenvalue weighted by Crippen LogP contribution is 2.38. The van der Waals surface area contributed by atoms with E-state index in [1.807, 2.05) is 10.8 Å². The van der Waals surface area contributed by atoms with Gasteiger partial charge in [-0.15, -0.1) is 0 Å². The molecule has 3 aromatic rings. The number of rotatable bonds is 7. The fourth-order valence-electron chi connectivity index (χ4n) is 3.70. The van der Waals surface area contributed by atoms with Gasteiger partial charge in [0.15, 0.2) is 0 Å². The van der Waals surface area contributed by atoms with E-state index < -0.39 is 17.7 Å². The van der Waals surface area contributed by atoms with Crippen LogP contribution in [-0.2, 0) is 16.1 Å². The number of carbonyl (C=O) groups excluding carboxylic acids is 2. The van der Waals surface area contributed by atoms with Crippen molar-refractivity contribution in [2.75, 3.05) is 13.7 Å². The van der Waals surface area contributed by atoms with Gasteiger partial charge in [-0.05, 0) is 42.8 Å². The summed E-state index contributed by atoms with van der Waals surface area (Å²) in [6.07, 6.45) is 7.46. The Balaban J connectivity index is 1.70. The van der Waals surface area contributed by atoms with E-state index in [-0.39, 0.29) is 11.3 Å². The van der Waals surface area contributed by atoms with Crippen molar-refractivity contribution in [1.29, 1.82) is 0 Å². The topological polar surface area (TPSA) is 97.6 Å². The monoisotopic (exact) mass is 418 g/mol. The fourth-order valence-corrected chi connectivity index (χ4v) is 3.70. The quantitative estimate of drug-likeness (QED) is 0.360. The molecule has 1 aliphatic rings. The molecule has 4 rings (SSSR count). The summed E-state index contributed by atoms with van der Waals surface area (Å²) < 4.78 is 7.06. The molecule has 1 atom stereocenters. The highest BCUT2D eigenvalue weighted by atomic mass is 16.5. The van der Waals surface area contributed by atoms with Gasteiger partial charge in [0.05, 0.1) is 24.7 Å². The van der Waals surface area contributed by atoms with Crippen LogP contribution in [0.25, 0.3) is 5.76 Å². The van der Waals surface area contributed by atoms with Crippen LogP contribution in [0.1, 0.15) is 23.7 Å². The number of aromatic nitrogens is 3. The van der Waals surface area contributed by atoms with Crippen molar-refractivity contribution in [3.8, 4) is 5.75 Å². The number of likely N-dealkylation sites (tertiary alicyclic amines) is 1. The zero-order valence-electron chi connectivity index (χ0n) is 17.0. The Labute approximate surface area is 179 Å². The standard InChI is InChI=1S/C23H22N4O4/c1-31-17-8-6-16(7-9-17)21(28)19-20(18-5-2-3-10-25-18)27(23(30)22(19)29)13-4-12-26-14-11-24-15-26/h2-3,5-11,14-15,20,28H,4,12-13H2,1H3/t20-/m0/s1. The molecule has 8 heteroatoms. The molecule has 31 heavy (non-hydrogen) atoms. The van der Waals surface area contributed by atoms with Crippen molar-refractivity contribution in [2.24, 2.45) is 0 Å². The predicted octanol–water partition coefficient (Wildman–Crippen LogP) is 2.80. The normalized spacial score (nSPS) is 17.8. The molecule has 1 fully saturated rings. The third-order valence-corrected chi connectivity index (χ3v) is 5.25. The third-order valence-electron chi connectivity index (χ3n) is 5.25. The van der Waals surface area contributed by atoms with Gasteiger partial charge >= 0.3 is 0 Å². The predicted molar refractivity (Wildman–Crippen MR) is 113 cm³/mol. The average Bonchev–Trinajstić information content (AvgIpc) is 3.41. The summed E-state index contributed by atoms with van der Waals surface area (Å²) in [5.41, 5.74) is 0.994. The summed E-state index contributed by atoms with van der Waals surface area (Å²) in [6, 6.07) is 11.2. The van der Waals surface area contributed by atoms with Crippen LogP contribution in [0, 0.1) is 0 Å². The maximum atomic E-state index is 13.0. The van der Waals surface area contributed by atoms with E-state index >= 15 is 0 Å². The molecule has 1 aliphatic heterocycles. The van der Waals surface area contributed by atoms with Crippen molar-refractivity contribution in [1.82, 2.24) is 19.4 Å². The molecule has 0 bridgehead atoms. The summed E-state index contributed by atoms with van der Waals surface area (Å²) >= 11 is 0. The second-order valence-corrected chi connectivity index (χ2v) is 7.13. The van der Waals surface area contributed by atoms with Crippen LogP contribution >= 0.6 is 0 Å². The highest BCUT2D eigenvalue weighted by molar-refractivity contribution is 6.46. The molecule has 1 aromatic carbocycles. The Hall–Kier alpha value is -3.94. The number of ketones is 1. The number of Topliss-reactive ketones (excluding diaryl/α,β-unsaturated/α-hetero) is 1. The van der Waals surface area contributed by atoms with Gasteiger partial charge in [-0.25, -0.2) is 4.98 Å². The molecular formula is C23H22N4O4. The number of aryl methyl sites for hydroxylation is 1. The van der Waals surface area contributed by atoms with Crippen LogP contribution in [0.2, 0.25) is 0 Å². The lowest BCUT2D eigenvalue weighted by atomic mass is 9.98. The Bertz CT molecular complexity index is 1090. The lowest BCUT2D eigenvalue weighted by Gasteiger charge is -2.24. The molecule has 0 spiro atoms. The number of imidazole rings is 1. The van der Waals surface area contributed by atoms with Gasteiger partial charge in [0.1, 0.15) is 17.6 Å². The summed E-state index contributed by atoms with van der Waals surface area (Å²) in [5.74, 6) is -0.963. The van der Waals surface area contributed by atoms with Gasteiger partial charge in [0.2, 0.25) is 0 Å². The number of methoxy groups -OCH3 is 1. The second-order valence-electron chi connectivity index (χ2n) is 7.13. The van der Waals surface area contributed by atoms with Crippen LogP contribution < -0.4 is 4.74 Å². The Morgan fingerprint density at radius 3 is 2.55 bits per heavy atom. The van der Waals surface area contributed by atoms with Crippen molar-refractivity contribution in [3.63, 3.8) is 0 Å². The molecule has 2 aromatic heterocycles. The van der Waals surface area contributed by atoms with E-state index in [1.54, 1.807) is 68.3 Å². The Morgan fingerprint density at radius 2 is 1.90 bits per heavy atom. The van der Waals surface area contributed by atoms with Crippen molar-refractivity contribution >= 4 is 17.4 Å². The first-order chi connectivity index (χ1) is 15.1. The minimum atomic E-state index is -0.758.